The Hall–Kier alpha value is -2.19. The number of hydrogen-bond donors (Lipinski definition) is 1. The summed E-state index contributed by atoms with van der Waals surface area (Å²) in [5.41, 5.74) is 2.92. The van der Waals surface area contributed by atoms with Gasteiger partial charge < -0.3 is 9.88 Å². The Bertz CT molecular complexity index is 928. The van der Waals surface area contributed by atoms with E-state index in [1.165, 1.54) is 10.6 Å². The van der Waals surface area contributed by atoms with Crippen molar-refractivity contribution in [2.24, 2.45) is 5.92 Å². The Kier molecular flexibility index (Phi) is 5.67. The molecule has 0 spiro atoms. The van der Waals surface area contributed by atoms with Crippen molar-refractivity contribution < 1.29 is 13.2 Å². The van der Waals surface area contributed by atoms with Crippen LogP contribution in [0, 0.1) is 19.8 Å². The highest BCUT2D eigenvalue weighted by Crippen LogP contribution is 2.25. The van der Waals surface area contributed by atoms with Crippen molar-refractivity contribution in [1.29, 1.82) is 0 Å². The maximum absolute atomic E-state index is 12.7. The molecule has 146 valence electrons. The number of rotatable bonds is 5. The number of aryl methyl sites for hydroxylation is 3. The quantitative estimate of drug-likeness (QED) is 0.850. The van der Waals surface area contributed by atoms with E-state index in [0.717, 1.165) is 16.8 Å². The molecule has 1 aliphatic rings. The molecular weight excluding hydrogens is 364 g/mol. The fourth-order valence-corrected chi connectivity index (χ4v) is 4.65. The number of nitrogens with one attached hydrogen (secondary N) is 1. The molecule has 2 heterocycles. The number of carbonyl (C=O) groups is 1. The molecule has 2 aromatic rings. The normalized spacial score (nSPS) is 16.4. The van der Waals surface area contributed by atoms with Crippen molar-refractivity contribution in [3.8, 4) is 0 Å². The molecule has 3 rings (SSSR count). The van der Waals surface area contributed by atoms with Crippen LogP contribution in [0.2, 0.25) is 0 Å². The molecule has 1 N–H and O–H groups in total. The van der Waals surface area contributed by atoms with E-state index in [1.807, 2.05) is 39.0 Å². The van der Waals surface area contributed by atoms with Crippen molar-refractivity contribution in [3.05, 3.63) is 41.9 Å². The molecule has 1 aromatic carbocycles. The van der Waals surface area contributed by atoms with E-state index in [1.54, 1.807) is 10.8 Å². The number of benzene rings is 1. The van der Waals surface area contributed by atoms with Crippen molar-refractivity contribution in [2.45, 2.75) is 45.2 Å². The van der Waals surface area contributed by atoms with Gasteiger partial charge in [-0.05, 0) is 50.8 Å². The second kappa shape index (κ2) is 7.82. The Morgan fingerprint density at radius 3 is 2.59 bits per heavy atom. The van der Waals surface area contributed by atoms with Crippen LogP contribution in [0.15, 0.2) is 35.7 Å². The molecule has 7 nitrogen and oxygen atoms in total. The average Bonchev–Trinajstić information content (AvgIpc) is 3.15. The summed E-state index contributed by atoms with van der Waals surface area (Å²) in [5, 5.41) is 3.07. The number of anilines is 1. The average molecular weight is 391 g/mol. The predicted molar refractivity (Wildman–Crippen MR) is 104 cm³/mol. The molecule has 1 saturated heterocycles. The lowest BCUT2D eigenvalue weighted by atomic mass is 9.97. The predicted octanol–water partition coefficient (Wildman–Crippen LogP) is 2.56. The number of aromatic nitrogens is 2. The minimum atomic E-state index is -3.60. The number of nitrogens with zero attached hydrogens (tertiary/aromatic N) is 3. The van der Waals surface area contributed by atoms with Crippen molar-refractivity contribution >= 4 is 21.6 Å². The van der Waals surface area contributed by atoms with Gasteiger partial charge in [-0.2, -0.15) is 4.31 Å². The second-order valence-corrected chi connectivity index (χ2v) is 8.91. The molecule has 27 heavy (non-hydrogen) atoms. The lowest BCUT2D eigenvalue weighted by Crippen LogP contribution is -2.41. The van der Waals surface area contributed by atoms with E-state index in [9.17, 15) is 13.2 Å². The van der Waals surface area contributed by atoms with Crippen LogP contribution in [0.1, 0.15) is 30.9 Å². The van der Waals surface area contributed by atoms with Gasteiger partial charge in [-0.25, -0.2) is 13.4 Å². The van der Waals surface area contributed by atoms with Gasteiger partial charge in [-0.3, -0.25) is 4.79 Å². The molecule has 1 aromatic heterocycles. The summed E-state index contributed by atoms with van der Waals surface area (Å²) in [6.45, 7) is 7.19. The molecule has 0 atom stereocenters. The van der Waals surface area contributed by atoms with Gasteiger partial charge in [0, 0.05) is 37.4 Å². The summed E-state index contributed by atoms with van der Waals surface area (Å²) in [5.74, 6) is -0.236. The van der Waals surface area contributed by atoms with Gasteiger partial charge in [0.1, 0.15) is 0 Å². The van der Waals surface area contributed by atoms with E-state index in [-0.39, 0.29) is 16.9 Å². The second-order valence-electron chi connectivity index (χ2n) is 7.03. The minimum Gasteiger partial charge on any atom is -0.336 e. The van der Waals surface area contributed by atoms with Gasteiger partial charge in [0.05, 0.1) is 6.33 Å². The first-order chi connectivity index (χ1) is 12.8. The number of hydrogen-bond acceptors (Lipinski definition) is 4. The van der Waals surface area contributed by atoms with E-state index in [2.05, 4.69) is 10.3 Å². The Balaban J connectivity index is 1.62. The standard InChI is InChI=1S/C19H26N4O3S/c1-4-22-12-18(20-13-22)27(25,26)23-9-7-16(8-10-23)19(24)21-17-11-14(2)5-6-15(17)3/h5-6,11-13,16H,4,7-10H2,1-3H3,(H,21,24). The van der Waals surface area contributed by atoms with Crippen molar-refractivity contribution in [3.63, 3.8) is 0 Å². The van der Waals surface area contributed by atoms with Crippen LogP contribution in [-0.2, 0) is 21.4 Å². The third-order valence-corrected chi connectivity index (χ3v) is 6.84. The SMILES string of the molecule is CCn1cnc(S(=O)(=O)N2CCC(C(=O)Nc3cc(C)ccc3C)CC2)c1. The highest BCUT2D eigenvalue weighted by molar-refractivity contribution is 7.89. The number of piperidine rings is 1. The first-order valence-corrected chi connectivity index (χ1v) is 10.7. The minimum absolute atomic E-state index is 0.0454. The molecule has 0 aliphatic carbocycles. The summed E-state index contributed by atoms with van der Waals surface area (Å²) in [4.78, 5) is 16.6. The van der Waals surface area contributed by atoms with Gasteiger partial charge in [0.15, 0.2) is 5.03 Å². The number of carbonyl (C=O) groups excluding carboxylic acids is 1. The highest BCUT2D eigenvalue weighted by atomic mass is 32.2. The van der Waals surface area contributed by atoms with E-state index < -0.39 is 10.0 Å². The zero-order valence-electron chi connectivity index (χ0n) is 16.0. The summed E-state index contributed by atoms with van der Waals surface area (Å²) >= 11 is 0. The largest absolute Gasteiger partial charge is 0.336 e. The van der Waals surface area contributed by atoms with Crippen LogP contribution in [0.3, 0.4) is 0 Å². The molecule has 1 amide bonds. The zero-order chi connectivity index (χ0) is 19.6. The molecule has 8 heteroatoms. The third kappa shape index (κ3) is 4.22. The monoisotopic (exact) mass is 390 g/mol. The van der Waals surface area contributed by atoms with E-state index in [4.69, 9.17) is 0 Å². The topological polar surface area (TPSA) is 84.3 Å². The van der Waals surface area contributed by atoms with Crippen LogP contribution in [0.5, 0.6) is 0 Å². The van der Waals surface area contributed by atoms with Crippen LogP contribution < -0.4 is 5.32 Å². The molecule has 0 unspecified atom stereocenters. The van der Waals surface area contributed by atoms with Crippen LogP contribution in [-0.4, -0.2) is 41.3 Å². The lowest BCUT2D eigenvalue weighted by molar-refractivity contribution is -0.120. The van der Waals surface area contributed by atoms with E-state index >= 15 is 0 Å². The van der Waals surface area contributed by atoms with Crippen molar-refractivity contribution in [2.75, 3.05) is 18.4 Å². The lowest BCUT2D eigenvalue weighted by Gasteiger charge is -2.30. The fraction of sp³-hybridized carbons (Fsp3) is 0.474. The van der Waals surface area contributed by atoms with Gasteiger partial charge in [-0.1, -0.05) is 12.1 Å². The number of amides is 1. The highest BCUT2D eigenvalue weighted by Gasteiger charge is 2.33. The summed E-state index contributed by atoms with van der Waals surface area (Å²) in [7, 11) is -3.60. The Morgan fingerprint density at radius 1 is 1.26 bits per heavy atom. The molecular formula is C19H26N4O3S. The van der Waals surface area contributed by atoms with Crippen LogP contribution in [0.4, 0.5) is 5.69 Å². The Morgan fingerprint density at radius 2 is 1.96 bits per heavy atom. The number of imidazole rings is 1. The molecule has 0 saturated carbocycles. The Labute approximate surface area is 160 Å². The third-order valence-electron chi connectivity index (χ3n) is 5.05. The van der Waals surface area contributed by atoms with Crippen molar-refractivity contribution in [1.82, 2.24) is 13.9 Å². The summed E-state index contributed by atoms with van der Waals surface area (Å²) in [6.07, 6.45) is 4.08. The first-order valence-electron chi connectivity index (χ1n) is 9.21. The van der Waals surface area contributed by atoms with Gasteiger partial charge in [-0.15, -0.1) is 0 Å². The maximum atomic E-state index is 12.7. The molecule has 0 radical (unpaired) electrons. The number of sulfonamides is 1. The summed E-state index contributed by atoms with van der Waals surface area (Å²) in [6, 6.07) is 5.95. The summed E-state index contributed by atoms with van der Waals surface area (Å²) < 4.78 is 28.6. The molecule has 1 fully saturated rings. The van der Waals surface area contributed by atoms with Crippen LogP contribution >= 0.6 is 0 Å². The van der Waals surface area contributed by atoms with Gasteiger partial charge in [0.25, 0.3) is 10.0 Å². The first kappa shape index (κ1) is 19.6. The fourth-order valence-electron chi connectivity index (χ4n) is 3.24. The zero-order valence-corrected chi connectivity index (χ0v) is 16.8. The maximum Gasteiger partial charge on any atom is 0.262 e. The smallest absolute Gasteiger partial charge is 0.262 e. The van der Waals surface area contributed by atoms with Crippen LogP contribution in [0.25, 0.3) is 0 Å². The molecule has 1 aliphatic heterocycles. The van der Waals surface area contributed by atoms with Gasteiger partial charge >= 0.3 is 0 Å². The van der Waals surface area contributed by atoms with Gasteiger partial charge in [0.2, 0.25) is 5.91 Å². The van der Waals surface area contributed by atoms with E-state index in [0.29, 0.717) is 32.5 Å². The molecule has 0 bridgehead atoms.